The summed E-state index contributed by atoms with van der Waals surface area (Å²) in [7, 11) is 3.38. The minimum atomic E-state index is -0.327. The Bertz CT molecular complexity index is 675. The Labute approximate surface area is 166 Å². The summed E-state index contributed by atoms with van der Waals surface area (Å²) >= 11 is 0. The second-order valence-corrected chi connectivity index (χ2v) is 7.70. The standard InChI is InChI=1S/C20H32N4O4/c1-23(9-11-27-2)20(26)15-13-24(10-12-28-14-15)19(25)8-7-18-16-5-3-4-6-17(16)21-22-18/h15H,3-14H2,1-2H3,(H,21,22). The summed E-state index contributed by atoms with van der Waals surface area (Å²) in [5.74, 6) is -0.264. The van der Waals surface area contributed by atoms with Crippen LogP contribution in [0, 0.1) is 5.92 Å². The Hall–Kier alpha value is -1.93. The number of likely N-dealkylation sites (N-methyl/N-ethyl adjacent to an activating group) is 1. The summed E-state index contributed by atoms with van der Waals surface area (Å²) in [6.45, 7) is 2.79. The molecule has 2 aliphatic rings. The normalized spacial score (nSPS) is 19.8. The number of fused-ring (bicyclic) bond motifs is 1. The molecule has 28 heavy (non-hydrogen) atoms. The second kappa shape index (κ2) is 10.0. The fraction of sp³-hybridized carbons (Fsp3) is 0.750. The van der Waals surface area contributed by atoms with Crippen molar-refractivity contribution in [3.63, 3.8) is 0 Å². The summed E-state index contributed by atoms with van der Waals surface area (Å²) in [6.07, 6.45) is 5.57. The van der Waals surface area contributed by atoms with Crippen molar-refractivity contribution in [3.8, 4) is 0 Å². The second-order valence-electron chi connectivity index (χ2n) is 7.70. The zero-order chi connectivity index (χ0) is 19.9. The number of methoxy groups -OCH3 is 1. The molecule has 0 bridgehead atoms. The van der Waals surface area contributed by atoms with Crippen molar-refractivity contribution in [1.82, 2.24) is 20.0 Å². The highest BCUT2D eigenvalue weighted by Gasteiger charge is 2.29. The van der Waals surface area contributed by atoms with Crippen molar-refractivity contribution in [1.29, 1.82) is 0 Å². The third-order valence-corrected chi connectivity index (χ3v) is 5.69. The molecule has 1 N–H and O–H groups in total. The molecule has 8 heteroatoms. The van der Waals surface area contributed by atoms with Gasteiger partial charge in [0.15, 0.2) is 0 Å². The zero-order valence-corrected chi connectivity index (χ0v) is 17.0. The van der Waals surface area contributed by atoms with E-state index in [4.69, 9.17) is 9.47 Å². The molecule has 3 rings (SSSR count). The lowest BCUT2D eigenvalue weighted by atomic mass is 9.94. The van der Waals surface area contributed by atoms with Gasteiger partial charge in [0.1, 0.15) is 0 Å². The molecule has 1 aromatic rings. The number of amides is 2. The van der Waals surface area contributed by atoms with E-state index in [0.717, 1.165) is 18.5 Å². The number of aromatic amines is 1. The first-order valence-electron chi connectivity index (χ1n) is 10.2. The molecule has 1 atom stereocenters. The molecule has 1 aromatic heterocycles. The van der Waals surface area contributed by atoms with Gasteiger partial charge in [-0.2, -0.15) is 5.10 Å². The van der Waals surface area contributed by atoms with Gasteiger partial charge in [-0.25, -0.2) is 0 Å². The molecule has 0 spiro atoms. The highest BCUT2D eigenvalue weighted by molar-refractivity contribution is 5.81. The predicted octanol–water partition coefficient (Wildman–Crippen LogP) is 0.801. The van der Waals surface area contributed by atoms with Crippen LogP contribution in [0.3, 0.4) is 0 Å². The van der Waals surface area contributed by atoms with Crippen LogP contribution in [0.2, 0.25) is 0 Å². The number of hydrogen-bond acceptors (Lipinski definition) is 5. The van der Waals surface area contributed by atoms with Crippen LogP contribution in [0.1, 0.15) is 36.2 Å². The lowest BCUT2D eigenvalue weighted by Gasteiger charge is -2.26. The molecule has 8 nitrogen and oxygen atoms in total. The fourth-order valence-corrected chi connectivity index (χ4v) is 3.98. The average Bonchev–Trinajstić information content (AvgIpc) is 2.96. The van der Waals surface area contributed by atoms with Crippen molar-refractivity contribution >= 4 is 11.8 Å². The highest BCUT2D eigenvalue weighted by Crippen LogP contribution is 2.23. The van der Waals surface area contributed by atoms with Crippen LogP contribution in [-0.4, -0.2) is 85.4 Å². The van der Waals surface area contributed by atoms with E-state index in [2.05, 4.69) is 10.2 Å². The summed E-state index contributed by atoms with van der Waals surface area (Å²) < 4.78 is 10.6. The third-order valence-electron chi connectivity index (χ3n) is 5.69. The van der Waals surface area contributed by atoms with E-state index in [-0.39, 0.29) is 17.7 Å². The highest BCUT2D eigenvalue weighted by atomic mass is 16.5. The van der Waals surface area contributed by atoms with E-state index in [9.17, 15) is 9.59 Å². The van der Waals surface area contributed by atoms with Gasteiger partial charge < -0.3 is 19.3 Å². The SMILES string of the molecule is COCCN(C)C(=O)C1COCCN(C(=O)CCc2n[nH]c3c2CCCC3)C1. The Kier molecular flexibility index (Phi) is 7.44. The molecule has 1 saturated heterocycles. The molecule has 0 radical (unpaired) electrons. The zero-order valence-electron chi connectivity index (χ0n) is 17.0. The first-order chi connectivity index (χ1) is 13.6. The number of ether oxygens (including phenoxy) is 2. The van der Waals surface area contributed by atoms with E-state index < -0.39 is 0 Å². The maximum atomic E-state index is 12.8. The molecular weight excluding hydrogens is 360 g/mol. The van der Waals surface area contributed by atoms with Crippen molar-refractivity contribution in [2.75, 3.05) is 53.6 Å². The quantitative estimate of drug-likeness (QED) is 0.742. The Morgan fingerprint density at radius 1 is 1.36 bits per heavy atom. The first-order valence-corrected chi connectivity index (χ1v) is 10.2. The molecule has 1 aliphatic heterocycles. The smallest absolute Gasteiger partial charge is 0.229 e. The molecule has 1 fully saturated rings. The molecule has 156 valence electrons. The van der Waals surface area contributed by atoms with Crippen LogP contribution >= 0.6 is 0 Å². The van der Waals surface area contributed by atoms with Gasteiger partial charge in [-0.05, 0) is 31.2 Å². The number of aromatic nitrogens is 2. The van der Waals surface area contributed by atoms with Crippen LogP contribution < -0.4 is 0 Å². The minimum absolute atomic E-state index is 0.00174. The molecule has 0 saturated carbocycles. The van der Waals surface area contributed by atoms with E-state index >= 15 is 0 Å². The number of hydrogen-bond donors (Lipinski definition) is 1. The predicted molar refractivity (Wildman–Crippen MR) is 104 cm³/mol. The van der Waals surface area contributed by atoms with Gasteiger partial charge >= 0.3 is 0 Å². The molecule has 1 unspecified atom stereocenters. The van der Waals surface area contributed by atoms with Gasteiger partial charge in [-0.3, -0.25) is 14.7 Å². The van der Waals surface area contributed by atoms with Crippen molar-refractivity contribution < 1.29 is 19.1 Å². The third kappa shape index (κ3) is 5.11. The lowest BCUT2D eigenvalue weighted by Crippen LogP contribution is -2.43. The molecule has 2 amide bonds. The summed E-state index contributed by atoms with van der Waals surface area (Å²) in [6, 6.07) is 0. The molecule has 1 aliphatic carbocycles. The van der Waals surface area contributed by atoms with E-state index in [0.29, 0.717) is 52.3 Å². The largest absolute Gasteiger partial charge is 0.383 e. The number of nitrogens with one attached hydrogen (secondary N) is 1. The van der Waals surface area contributed by atoms with Gasteiger partial charge in [-0.1, -0.05) is 0 Å². The molecular formula is C20H32N4O4. The van der Waals surface area contributed by atoms with E-state index in [1.165, 1.54) is 24.1 Å². The van der Waals surface area contributed by atoms with Gasteiger partial charge in [-0.15, -0.1) is 0 Å². The molecule has 0 aromatic carbocycles. The van der Waals surface area contributed by atoms with Gasteiger partial charge in [0.2, 0.25) is 11.8 Å². The number of rotatable bonds is 7. The van der Waals surface area contributed by atoms with Crippen LogP contribution in [0.15, 0.2) is 0 Å². The van der Waals surface area contributed by atoms with Crippen molar-refractivity contribution in [3.05, 3.63) is 17.0 Å². The number of nitrogens with zero attached hydrogens (tertiary/aromatic N) is 3. The number of carbonyl (C=O) groups is 2. The van der Waals surface area contributed by atoms with Crippen LogP contribution in [0.5, 0.6) is 0 Å². The monoisotopic (exact) mass is 392 g/mol. The van der Waals surface area contributed by atoms with Gasteiger partial charge in [0.25, 0.3) is 0 Å². The maximum Gasteiger partial charge on any atom is 0.229 e. The summed E-state index contributed by atoms with van der Waals surface area (Å²) in [5, 5.41) is 7.57. The number of carbonyl (C=O) groups excluding carboxylic acids is 2. The van der Waals surface area contributed by atoms with Crippen molar-refractivity contribution in [2.24, 2.45) is 5.92 Å². The maximum absolute atomic E-state index is 12.8. The number of aryl methyl sites for hydroxylation is 2. The summed E-state index contributed by atoms with van der Waals surface area (Å²) in [5.41, 5.74) is 3.58. The van der Waals surface area contributed by atoms with Gasteiger partial charge in [0.05, 0.1) is 31.4 Å². The Morgan fingerprint density at radius 2 is 2.18 bits per heavy atom. The first kappa shape index (κ1) is 20.8. The minimum Gasteiger partial charge on any atom is -0.383 e. The number of H-pyrrole nitrogens is 1. The fourth-order valence-electron chi connectivity index (χ4n) is 3.98. The average molecular weight is 393 g/mol. The molecule has 2 heterocycles. The van der Waals surface area contributed by atoms with Crippen LogP contribution in [0.4, 0.5) is 0 Å². The topological polar surface area (TPSA) is 87.8 Å². The van der Waals surface area contributed by atoms with E-state index in [1.807, 2.05) is 0 Å². The Morgan fingerprint density at radius 3 is 3.00 bits per heavy atom. The Balaban J connectivity index is 1.55. The van der Waals surface area contributed by atoms with Crippen LogP contribution in [0.25, 0.3) is 0 Å². The summed E-state index contributed by atoms with van der Waals surface area (Å²) in [4.78, 5) is 28.9. The van der Waals surface area contributed by atoms with Crippen LogP contribution in [-0.2, 0) is 38.3 Å². The van der Waals surface area contributed by atoms with Crippen molar-refractivity contribution in [2.45, 2.75) is 38.5 Å². The van der Waals surface area contributed by atoms with E-state index in [1.54, 1.807) is 24.0 Å². The van der Waals surface area contributed by atoms with Gasteiger partial charge in [0, 0.05) is 52.3 Å². The lowest BCUT2D eigenvalue weighted by molar-refractivity contribution is -0.138.